The highest BCUT2D eigenvalue weighted by Gasteiger charge is 2.23. The third kappa shape index (κ3) is 1.31. The van der Waals surface area contributed by atoms with Gasteiger partial charge in [-0.25, -0.2) is 4.79 Å². The van der Waals surface area contributed by atoms with E-state index < -0.39 is 0 Å². The first-order valence-electron chi connectivity index (χ1n) is 3.71. The Kier molecular flexibility index (Phi) is 1.81. The third-order valence-corrected chi connectivity index (χ3v) is 2.91. The Morgan fingerprint density at radius 3 is 3.08 bits per heavy atom. The van der Waals surface area contributed by atoms with Gasteiger partial charge in [-0.1, -0.05) is 0 Å². The van der Waals surface area contributed by atoms with Crippen LogP contribution in [0.25, 0.3) is 0 Å². The number of hydrogen-bond donors (Lipinski definition) is 1. The van der Waals surface area contributed by atoms with Crippen molar-refractivity contribution in [3.63, 3.8) is 0 Å². The van der Waals surface area contributed by atoms with Crippen LogP contribution in [-0.4, -0.2) is 19.0 Å². The molecule has 0 aliphatic carbocycles. The Bertz CT molecular complexity index is 357. The average molecular weight is 197 g/mol. The zero-order valence-electron chi connectivity index (χ0n) is 6.92. The van der Waals surface area contributed by atoms with E-state index in [2.05, 4.69) is 10.1 Å². The summed E-state index contributed by atoms with van der Waals surface area (Å²) in [5.74, 6) is -0.369. The number of methoxy groups -OCH3 is 1. The molecule has 0 atom stereocenters. The minimum Gasteiger partial charge on any atom is -0.465 e. The monoisotopic (exact) mass is 197 g/mol. The number of anilines is 1. The molecule has 68 valence electrons. The van der Waals surface area contributed by atoms with Crippen molar-refractivity contribution in [1.29, 1.82) is 0 Å². The minimum atomic E-state index is -0.353. The van der Waals surface area contributed by atoms with Gasteiger partial charge in [-0.2, -0.15) is 0 Å². The number of esters is 1. The minimum absolute atomic E-state index is 0.0161. The Labute approximate surface area is 78.5 Å². The van der Waals surface area contributed by atoms with Crippen molar-refractivity contribution in [3.05, 3.63) is 15.8 Å². The molecule has 2 heterocycles. The lowest BCUT2D eigenvalue weighted by molar-refractivity contribution is -0.115. The van der Waals surface area contributed by atoms with Crippen LogP contribution in [0, 0.1) is 0 Å². The Hall–Kier alpha value is -1.36. The van der Waals surface area contributed by atoms with E-state index in [0.717, 1.165) is 10.6 Å². The molecule has 1 aliphatic rings. The van der Waals surface area contributed by atoms with Gasteiger partial charge in [0.2, 0.25) is 5.91 Å². The van der Waals surface area contributed by atoms with Gasteiger partial charge in [0.25, 0.3) is 0 Å². The van der Waals surface area contributed by atoms with Gasteiger partial charge >= 0.3 is 5.97 Å². The molecular formula is C8H7NO3S. The molecule has 1 amide bonds. The average Bonchev–Trinajstić information content (AvgIpc) is 2.59. The van der Waals surface area contributed by atoms with Gasteiger partial charge in [0.05, 0.1) is 19.2 Å². The van der Waals surface area contributed by atoms with Gasteiger partial charge < -0.3 is 10.1 Å². The first kappa shape index (κ1) is 8.25. The first-order chi connectivity index (χ1) is 6.20. The van der Waals surface area contributed by atoms with E-state index in [0.29, 0.717) is 11.3 Å². The van der Waals surface area contributed by atoms with Crippen LogP contribution in [0.5, 0.6) is 0 Å². The fraction of sp³-hybridized carbons (Fsp3) is 0.250. The molecule has 0 fully saturated rings. The predicted octanol–water partition coefficient (Wildman–Crippen LogP) is 1.03. The summed E-state index contributed by atoms with van der Waals surface area (Å²) in [6.45, 7) is 0. The molecule has 0 bridgehead atoms. The predicted molar refractivity (Wildman–Crippen MR) is 48.0 cm³/mol. The third-order valence-electron chi connectivity index (χ3n) is 1.79. The van der Waals surface area contributed by atoms with Gasteiger partial charge in [0.1, 0.15) is 4.88 Å². The number of hydrogen-bond acceptors (Lipinski definition) is 4. The van der Waals surface area contributed by atoms with Gasteiger partial charge in [0, 0.05) is 4.88 Å². The van der Waals surface area contributed by atoms with Crippen molar-refractivity contribution in [1.82, 2.24) is 0 Å². The molecule has 5 heteroatoms. The van der Waals surface area contributed by atoms with Crippen LogP contribution >= 0.6 is 11.3 Å². The lowest BCUT2D eigenvalue weighted by Gasteiger charge is -1.93. The molecule has 1 aromatic heterocycles. The summed E-state index contributed by atoms with van der Waals surface area (Å²) in [6.07, 6.45) is 0.372. The number of ether oxygens (including phenoxy) is 1. The van der Waals surface area contributed by atoms with E-state index in [1.807, 2.05) is 0 Å². The molecule has 0 saturated heterocycles. The van der Waals surface area contributed by atoms with E-state index in [-0.39, 0.29) is 11.9 Å². The zero-order chi connectivity index (χ0) is 9.42. The zero-order valence-corrected chi connectivity index (χ0v) is 7.73. The second-order valence-electron chi connectivity index (χ2n) is 2.66. The van der Waals surface area contributed by atoms with Crippen LogP contribution in [0.4, 0.5) is 5.69 Å². The van der Waals surface area contributed by atoms with Crippen molar-refractivity contribution < 1.29 is 14.3 Å². The summed E-state index contributed by atoms with van der Waals surface area (Å²) in [5, 5.41) is 2.66. The van der Waals surface area contributed by atoms with E-state index in [1.165, 1.54) is 18.4 Å². The SMILES string of the molecule is COC(=O)c1cc2c(s1)CC(=O)N2. The van der Waals surface area contributed by atoms with Crippen molar-refractivity contribution in [2.24, 2.45) is 0 Å². The smallest absolute Gasteiger partial charge is 0.348 e. The first-order valence-corrected chi connectivity index (χ1v) is 4.53. The molecule has 0 unspecified atom stereocenters. The van der Waals surface area contributed by atoms with Gasteiger partial charge in [-0.05, 0) is 6.07 Å². The number of carbonyl (C=O) groups is 2. The molecule has 0 saturated carbocycles. The molecule has 0 spiro atoms. The Morgan fingerprint density at radius 1 is 1.69 bits per heavy atom. The lowest BCUT2D eigenvalue weighted by atomic mass is 10.3. The number of nitrogens with one attached hydrogen (secondary N) is 1. The normalized spacial score (nSPS) is 13.8. The molecule has 0 radical (unpaired) electrons. The van der Waals surface area contributed by atoms with Gasteiger partial charge in [-0.3, -0.25) is 4.79 Å². The summed E-state index contributed by atoms with van der Waals surface area (Å²) < 4.78 is 4.56. The summed E-state index contributed by atoms with van der Waals surface area (Å²) >= 11 is 1.30. The highest BCUT2D eigenvalue weighted by molar-refractivity contribution is 7.14. The summed E-state index contributed by atoms with van der Waals surface area (Å²) in [5.41, 5.74) is 0.746. The molecular weight excluding hydrogens is 190 g/mol. The van der Waals surface area contributed by atoms with Crippen LogP contribution in [-0.2, 0) is 16.0 Å². The molecule has 1 N–H and O–H groups in total. The lowest BCUT2D eigenvalue weighted by Crippen LogP contribution is -2.05. The number of carbonyl (C=O) groups excluding carboxylic acids is 2. The topological polar surface area (TPSA) is 55.4 Å². The largest absolute Gasteiger partial charge is 0.465 e. The number of thiophene rings is 1. The van der Waals surface area contributed by atoms with E-state index in [1.54, 1.807) is 6.07 Å². The van der Waals surface area contributed by atoms with Gasteiger partial charge in [-0.15, -0.1) is 11.3 Å². The summed E-state index contributed by atoms with van der Waals surface area (Å²) in [6, 6.07) is 1.65. The fourth-order valence-electron chi connectivity index (χ4n) is 1.21. The molecule has 0 aromatic carbocycles. The molecule has 13 heavy (non-hydrogen) atoms. The quantitative estimate of drug-likeness (QED) is 0.684. The molecule has 4 nitrogen and oxygen atoms in total. The van der Waals surface area contributed by atoms with E-state index in [4.69, 9.17) is 0 Å². The second-order valence-corrected chi connectivity index (χ2v) is 3.80. The standard InChI is InChI=1S/C8H7NO3S/c1-12-8(11)6-2-4-5(13-6)3-7(10)9-4/h2H,3H2,1H3,(H,9,10). The molecule has 1 aromatic rings. The number of fused-ring (bicyclic) bond motifs is 1. The Morgan fingerprint density at radius 2 is 2.46 bits per heavy atom. The maximum atomic E-state index is 11.1. The second kappa shape index (κ2) is 2.85. The van der Waals surface area contributed by atoms with Crippen molar-refractivity contribution in [3.8, 4) is 0 Å². The maximum absolute atomic E-state index is 11.1. The van der Waals surface area contributed by atoms with Crippen LogP contribution in [0.15, 0.2) is 6.07 Å². The van der Waals surface area contributed by atoms with Crippen LogP contribution in [0.1, 0.15) is 14.5 Å². The van der Waals surface area contributed by atoms with E-state index in [9.17, 15) is 9.59 Å². The van der Waals surface area contributed by atoms with Gasteiger partial charge in [0.15, 0.2) is 0 Å². The summed E-state index contributed by atoms with van der Waals surface area (Å²) in [4.78, 5) is 23.4. The van der Waals surface area contributed by atoms with E-state index >= 15 is 0 Å². The van der Waals surface area contributed by atoms with Crippen LogP contribution < -0.4 is 5.32 Å². The maximum Gasteiger partial charge on any atom is 0.348 e. The van der Waals surface area contributed by atoms with Crippen LogP contribution in [0.2, 0.25) is 0 Å². The van der Waals surface area contributed by atoms with Crippen LogP contribution in [0.3, 0.4) is 0 Å². The van der Waals surface area contributed by atoms with Crippen molar-refractivity contribution >= 4 is 28.9 Å². The highest BCUT2D eigenvalue weighted by Crippen LogP contribution is 2.32. The fourth-order valence-corrected chi connectivity index (χ4v) is 2.24. The summed E-state index contributed by atoms with van der Waals surface area (Å²) in [7, 11) is 1.34. The number of rotatable bonds is 1. The van der Waals surface area contributed by atoms with Crippen molar-refractivity contribution in [2.75, 3.05) is 12.4 Å². The highest BCUT2D eigenvalue weighted by atomic mass is 32.1. The van der Waals surface area contributed by atoms with Crippen molar-refractivity contribution in [2.45, 2.75) is 6.42 Å². The Balaban J connectivity index is 2.31. The molecule has 2 rings (SSSR count). The molecule has 1 aliphatic heterocycles. The number of amides is 1.